The number of imide groups is 1. The van der Waals surface area contributed by atoms with E-state index in [2.05, 4.69) is 10.1 Å². The Morgan fingerprint density at radius 1 is 1.19 bits per heavy atom. The molecule has 36 heavy (non-hydrogen) atoms. The van der Waals surface area contributed by atoms with Crippen LogP contribution >= 0.6 is 11.6 Å². The van der Waals surface area contributed by atoms with Gasteiger partial charge in [0.15, 0.2) is 0 Å². The van der Waals surface area contributed by atoms with Crippen LogP contribution in [0.25, 0.3) is 16.8 Å². The van der Waals surface area contributed by atoms with E-state index in [0.29, 0.717) is 32.9 Å². The van der Waals surface area contributed by atoms with Crippen molar-refractivity contribution < 1.29 is 23.2 Å². The van der Waals surface area contributed by atoms with E-state index in [1.165, 1.54) is 11.2 Å². The maximum absolute atomic E-state index is 13.5. The van der Waals surface area contributed by atoms with Gasteiger partial charge in [-0.2, -0.15) is 5.10 Å². The van der Waals surface area contributed by atoms with Gasteiger partial charge in [0, 0.05) is 22.7 Å². The van der Waals surface area contributed by atoms with Crippen LogP contribution in [0.15, 0.2) is 30.7 Å². The highest BCUT2D eigenvalue weighted by Gasteiger charge is 2.51. The zero-order valence-electron chi connectivity index (χ0n) is 20.2. The van der Waals surface area contributed by atoms with Crippen LogP contribution in [0.1, 0.15) is 42.3 Å². The summed E-state index contributed by atoms with van der Waals surface area (Å²) in [6.07, 6.45) is 3.00. The number of likely N-dealkylation sites (tertiary alicyclic amines) is 2. The largest absolute Gasteiger partial charge is 0.326 e. The minimum absolute atomic E-state index is 0.0669. The summed E-state index contributed by atoms with van der Waals surface area (Å²) < 4.78 is 28.5. The van der Waals surface area contributed by atoms with Crippen LogP contribution in [-0.2, 0) is 16.1 Å². The summed E-state index contributed by atoms with van der Waals surface area (Å²) >= 11 is 6.31. The Hall–Kier alpha value is -3.40. The molecule has 1 atom stereocenters. The van der Waals surface area contributed by atoms with Crippen LogP contribution in [0.4, 0.5) is 8.78 Å². The van der Waals surface area contributed by atoms with Crippen molar-refractivity contribution in [2.45, 2.75) is 40.2 Å². The molecule has 3 amide bonds. The summed E-state index contributed by atoms with van der Waals surface area (Å²) in [5.74, 6) is -4.35. The van der Waals surface area contributed by atoms with Crippen molar-refractivity contribution in [3.63, 3.8) is 0 Å². The minimum atomic E-state index is -2.90. The first-order valence-corrected chi connectivity index (χ1v) is 11.8. The average molecular weight is 516 g/mol. The molecule has 1 aromatic carbocycles. The molecule has 4 heterocycles. The number of rotatable bonds is 4. The SMILES string of the molecule is Cc1cc(Cl)cc(-c2ncnn3cc(CN4C(=O)C(C)C(C)(C)C4=O)cc23)c1C(=O)N1CC(F)(F)C1. The predicted molar refractivity (Wildman–Crippen MR) is 128 cm³/mol. The molecule has 2 aliphatic rings. The van der Waals surface area contributed by atoms with Crippen molar-refractivity contribution in [1.29, 1.82) is 0 Å². The maximum atomic E-state index is 13.5. The molecule has 2 aliphatic heterocycles. The fraction of sp³-hybridized carbons (Fsp3) is 0.400. The standard InChI is InChI=1S/C25H24ClF2N5O3/c1-13-5-16(26)7-17(19(13)22(35)31-10-25(27,28)11-31)20-18-6-15(9-33(18)30-12-29-20)8-32-21(34)14(2)24(3,4)23(32)36/h5-7,9,12,14H,8,10-11H2,1-4H3. The topological polar surface area (TPSA) is 87.9 Å². The van der Waals surface area contributed by atoms with Gasteiger partial charge in [-0.15, -0.1) is 0 Å². The molecule has 1 unspecified atom stereocenters. The summed E-state index contributed by atoms with van der Waals surface area (Å²) in [6.45, 7) is 5.72. The van der Waals surface area contributed by atoms with Gasteiger partial charge in [0.05, 0.1) is 41.8 Å². The van der Waals surface area contributed by atoms with E-state index in [-0.39, 0.29) is 23.9 Å². The van der Waals surface area contributed by atoms with E-state index in [9.17, 15) is 23.2 Å². The second-order valence-electron chi connectivity index (χ2n) is 10.1. The maximum Gasteiger partial charge on any atom is 0.282 e. The van der Waals surface area contributed by atoms with Crippen molar-refractivity contribution in [2.24, 2.45) is 11.3 Å². The second-order valence-corrected chi connectivity index (χ2v) is 10.6. The molecule has 0 saturated carbocycles. The van der Waals surface area contributed by atoms with Gasteiger partial charge in [-0.05, 0) is 36.2 Å². The van der Waals surface area contributed by atoms with Crippen LogP contribution in [0, 0.1) is 18.3 Å². The Kier molecular flexibility index (Phi) is 5.44. The predicted octanol–water partition coefficient (Wildman–Crippen LogP) is 3.98. The summed E-state index contributed by atoms with van der Waals surface area (Å²) in [7, 11) is 0. The number of hydrogen-bond acceptors (Lipinski definition) is 5. The van der Waals surface area contributed by atoms with Crippen molar-refractivity contribution in [2.75, 3.05) is 13.1 Å². The third kappa shape index (κ3) is 3.75. The van der Waals surface area contributed by atoms with Gasteiger partial charge < -0.3 is 4.90 Å². The van der Waals surface area contributed by atoms with E-state index in [1.54, 1.807) is 56.6 Å². The number of amides is 3. The summed E-state index contributed by atoms with van der Waals surface area (Å²) in [5, 5.41) is 4.60. The highest BCUT2D eigenvalue weighted by molar-refractivity contribution is 6.31. The monoisotopic (exact) mass is 515 g/mol. The molecule has 2 saturated heterocycles. The van der Waals surface area contributed by atoms with Gasteiger partial charge in [-0.1, -0.05) is 32.4 Å². The van der Waals surface area contributed by atoms with E-state index in [1.807, 2.05) is 0 Å². The van der Waals surface area contributed by atoms with E-state index >= 15 is 0 Å². The molecule has 3 aromatic rings. The highest BCUT2D eigenvalue weighted by Crippen LogP contribution is 2.39. The fourth-order valence-electron chi connectivity index (χ4n) is 4.81. The molecule has 0 aliphatic carbocycles. The Balaban J connectivity index is 1.56. The normalized spacial score (nSPS) is 20.8. The number of benzene rings is 1. The summed E-state index contributed by atoms with van der Waals surface area (Å²) in [4.78, 5) is 45.5. The van der Waals surface area contributed by atoms with Crippen LogP contribution in [0.2, 0.25) is 5.02 Å². The Morgan fingerprint density at radius 2 is 1.89 bits per heavy atom. The number of hydrogen-bond donors (Lipinski definition) is 0. The highest BCUT2D eigenvalue weighted by atomic mass is 35.5. The van der Waals surface area contributed by atoms with Gasteiger partial charge in [-0.3, -0.25) is 19.3 Å². The molecule has 0 spiro atoms. The smallest absolute Gasteiger partial charge is 0.282 e. The Labute approximate surface area is 210 Å². The number of fused-ring (bicyclic) bond motifs is 1. The minimum Gasteiger partial charge on any atom is -0.326 e. The lowest BCUT2D eigenvalue weighted by atomic mass is 9.82. The molecular weight excluding hydrogens is 492 g/mol. The third-order valence-electron chi connectivity index (χ3n) is 7.22. The van der Waals surface area contributed by atoms with Crippen molar-refractivity contribution in [3.8, 4) is 11.3 Å². The van der Waals surface area contributed by atoms with Crippen LogP contribution in [-0.4, -0.2) is 61.1 Å². The molecule has 8 nitrogen and oxygen atoms in total. The lowest BCUT2D eigenvalue weighted by Crippen LogP contribution is -2.58. The van der Waals surface area contributed by atoms with Crippen molar-refractivity contribution in [3.05, 3.63) is 52.4 Å². The zero-order chi connectivity index (χ0) is 26.2. The molecule has 0 radical (unpaired) electrons. The number of carbonyl (C=O) groups is 3. The molecule has 0 bridgehead atoms. The quantitative estimate of drug-likeness (QED) is 0.490. The average Bonchev–Trinajstić information content (AvgIpc) is 3.26. The van der Waals surface area contributed by atoms with Gasteiger partial charge in [0.1, 0.15) is 6.33 Å². The lowest BCUT2D eigenvalue weighted by molar-refractivity contribution is -0.141. The van der Waals surface area contributed by atoms with Gasteiger partial charge in [0.25, 0.3) is 11.8 Å². The molecular formula is C25H24ClF2N5O3. The second kappa shape index (κ2) is 8.06. The first-order valence-electron chi connectivity index (χ1n) is 11.5. The third-order valence-corrected chi connectivity index (χ3v) is 7.44. The molecule has 5 rings (SSSR count). The summed E-state index contributed by atoms with van der Waals surface area (Å²) in [5.41, 5.74) is 1.92. The molecule has 11 heteroatoms. The number of carbonyl (C=O) groups excluding carboxylic acids is 3. The number of aryl methyl sites for hydroxylation is 1. The Bertz CT molecular complexity index is 1440. The Morgan fingerprint density at radius 3 is 2.50 bits per heavy atom. The molecule has 2 aromatic heterocycles. The number of nitrogens with zero attached hydrogens (tertiary/aromatic N) is 5. The van der Waals surface area contributed by atoms with E-state index in [0.717, 1.165) is 4.90 Å². The van der Waals surface area contributed by atoms with Gasteiger partial charge in [-0.25, -0.2) is 18.3 Å². The molecule has 0 N–H and O–H groups in total. The van der Waals surface area contributed by atoms with Gasteiger partial charge in [0.2, 0.25) is 11.8 Å². The first-order chi connectivity index (χ1) is 16.8. The van der Waals surface area contributed by atoms with Crippen LogP contribution in [0.5, 0.6) is 0 Å². The first kappa shape index (κ1) is 24.3. The van der Waals surface area contributed by atoms with Crippen LogP contribution in [0.3, 0.4) is 0 Å². The number of alkyl halides is 2. The van der Waals surface area contributed by atoms with Crippen molar-refractivity contribution in [1.82, 2.24) is 24.4 Å². The summed E-state index contributed by atoms with van der Waals surface area (Å²) in [6, 6.07) is 4.92. The number of halogens is 3. The zero-order valence-corrected chi connectivity index (χ0v) is 20.9. The lowest BCUT2D eigenvalue weighted by Gasteiger charge is -2.39. The molecule has 188 valence electrons. The van der Waals surface area contributed by atoms with Gasteiger partial charge >= 0.3 is 0 Å². The number of aromatic nitrogens is 3. The molecule has 2 fully saturated rings. The fourth-order valence-corrected chi connectivity index (χ4v) is 5.09. The van der Waals surface area contributed by atoms with Crippen molar-refractivity contribution >= 4 is 34.8 Å². The van der Waals surface area contributed by atoms with E-state index < -0.39 is 36.3 Å². The van der Waals surface area contributed by atoms with Crippen LogP contribution < -0.4 is 0 Å². The van der Waals surface area contributed by atoms with E-state index in [4.69, 9.17) is 11.6 Å².